The molecule has 6 nitrogen and oxygen atoms in total. The maximum absolute atomic E-state index is 12.3. The molecule has 0 bridgehead atoms. The van der Waals surface area contributed by atoms with Gasteiger partial charge in [-0.1, -0.05) is 6.07 Å². The highest BCUT2D eigenvalue weighted by molar-refractivity contribution is 6.00. The van der Waals surface area contributed by atoms with Crippen molar-refractivity contribution in [2.75, 3.05) is 24.5 Å². The Kier molecular flexibility index (Phi) is 4.83. The lowest BCUT2D eigenvalue weighted by atomic mass is 10.1. The number of carbonyl (C=O) groups excluding carboxylic acids is 3. The molecule has 1 fully saturated rings. The highest BCUT2D eigenvalue weighted by atomic mass is 16.2. The van der Waals surface area contributed by atoms with Crippen LogP contribution in [0, 0.1) is 5.92 Å². The first kappa shape index (κ1) is 16.5. The largest absolute Gasteiger partial charge is 0.355 e. The smallest absolute Gasteiger partial charge is 0.227 e. The van der Waals surface area contributed by atoms with Crippen molar-refractivity contribution in [2.24, 2.45) is 5.92 Å². The Hall–Kier alpha value is -2.37. The number of carbonyl (C=O) groups is 3. The lowest BCUT2D eigenvalue weighted by molar-refractivity contribution is -0.126. The summed E-state index contributed by atoms with van der Waals surface area (Å²) >= 11 is 0. The van der Waals surface area contributed by atoms with Crippen LogP contribution in [0.2, 0.25) is 0 Å². The van der Waals surface area contributed by atoms with Gasteiger partial charge in [-0.2, -0.15) is 0 Å². The van der Waals surface area contributed by atoms with Crippen molar-refractivity contribution >= 4 is 23.4 Å². The summed E-state index contributed by atoms with van der Waals surface area (Å²) < 4.78 is 0. The molecule has 1 aromatic carbocycles. The number of nitrogens with zero attached hydrogens (tertiary/aromatic N) is 1. The second-order valence-corrected chi connectivity index (χ2v) is 6.49. The quantitative estimate of drug-likeness (QED) is 0.784. The molecule has 1 aliphatic carbocycles. The molecule has 2 N–H and O–H groups in total. The average molecular weight is 329 g/mol. The third kappa shape index (κ3) is 3.58. The van der Waals surface area contributed by atoms with Gasteiger partial charge in [-0.15, -0.1) is 0 Å². The van der Waals surface area contributed by atoms with E-state index in [0.717, 1.165) is 18.5 Å². The Labute approximate surface area is 141 Å². The van der Waals surface area contributed by atoms with E-state index in [-0.39, 0.29) is 30.1 Å². The fourth-order valence-corrected chi connectivity index (χ4v) is 3.43. The van der Waals surface area contributed by atoms with Crippen LogP contribution in [0.4, 0.5) is 5.69 Å². The zero-order chi connectivity index (χ0) is 17.1. The third-order valence-electron chi connectivity index (χ3n) is 4.69. The minimum absolute atomic E-state index is 0.00467. The average Bonchev–Trinajstić information content (AvgIpc) is 3.16. The van der Waals surface area contributed by atoms with E-state index in [9.17, 15) is 14.4 Å². The molecule has 1 heterocycles. The third-order valence-corrected chi connectivity index (χ3v) is 4.69. The molecule has 2 aliphatic rings. The van der Waals surface area contributed by atoms with Gasteiger partial charge in [0, 0.05) is 38.7 Å². The van der Waals surface area contributed by atoms with E-state index in [2.05, 4.69) is 22.8 Å². The molecule has 0 aromatic heterocycles. The monoisotopic (exact) mass is 329 g/mol. The van der Waals surface area contributed by atoms with Crippen molar-refractivity contribution in [2.45, 2.75) is 32.6 Å². The van der Waals surface area contributed by atoms with E-state index in [4.69, 9.17) is 0 Å². The normalized spacial score (nSPS) is 19.3. The molecule has 0 unspecified atom stereocenters. The molecule has 1 aliphatic heterocycles. The van der Waals surface area contributed by atoms with Crippen LogP contribution < -0.4 is 15.5 Å². The summed E-state index contributed by atoms with van der Waals surface area (Å²) in [6, 6.07) is 6.18. The highest BCUT2D eigenvalue weighted by Gasteiger charge is 2.35. The van der Waals surface area contributed by atoms with E-state index < -0.39 is 0 Å². The van der Waals surface area contributed by atoms with Gasteiger partial charge in [0.1, 0.15) is 0 Å². The van der Waals surface area contributed by atoms with Crippen LogP contribution >= 0.6 is 0 Å². The number of hydrogen-bond acceptors (Lipinski definition) is 3. The summed E-state index contributed by atoms with van der Waals surface area (Å²) in [5, 5.41) is 5.41. The highest BCUT2D eigenvalue weighted by Crippen LogP contribution is 2.30. The summed E-state index contributed by atoms with van der Waals surface area (Å²) in [5.74, 6) is -0.585. The molecule has 3 amide bonds. The predicted molar refractivity (Wildman–Crippen MR) is 90.6 cm³/mol. The van der Waals surface area contributed by atoms with Gasteiger partial charge in [0.15, 0.2) is 0 Å². The maximum Gasteiger partial charge on any atom is 0.227 e. The predicted octanol–water partition coefficient (Wildman–Crippen LogP) is 0.780. The molecule has 0 radical (unpaired) electrons. The Balaban J connectivity index is 1.57. The minimum atomic E-state index is -0.330. The molecule has 1 aromatic rings. The van der Waals surface area contributed by atoms with E-state index in [1.54, 1.807) is 4.90 Å². The number of aryl methyl sites for hydroxylation is 2. The summed E-state index contributed by atoms with van der Waals surface area (Å²) in [6.07, 6.45) is 3.59. The van der Waals surface area contributed by atoms with Crippen molar-refractivity contribution in [1.82, 2.24) is 10.6 Å². The molecule has 6 heteroatoms. The molecule has 1 saturated heterocycles. The Morgan fingerprint density at radius 2 is 1.92 bits per heavy atom. The van der Waals surface area contributed by atoms with Crippen LogP contribution in [-0.2, 0) is 27.2 Å². The molecule has 3 rings (SSSR count). The van der Waals surface area contributed by atoms with Crippen molar-refractivity contribution in [1.29, 1.82) is 0 Å². The fourth-order valence-electron chi connectivity index (χ4n) is 3.43. The number of amides is 3. The number of anilines is 1. The van der Waals surface area contributed by atoms with E-state index in [1.807, 2.05) is 6.07 Å². The number of benzene rings is 1. The van der Waals surface area contributed by atoms with Crippen LogP contribution in [0.5, 0.6) is 0 Å². The van der Waals surface area contributed by atoms with Crippen LogP contribution in [0.25, 0.3) is 0 Å². The zero-order valence-corrected chi connectivity index (χ0v) is 13.9. The van der Waals surface area contributed by atoms with Crippen LogP contribution in [0.1, 0.15) is 30.9 Å². The molecule has 128 valence electrons. The van der Waals surface area contributed by atoms with Crippen LogP contribution in [-0.4, -0.2) is 37.4 Å². The molecule has 0 spiro atoms. The summed E-state index contributed by atoms with van der Waals surface area (Å²) in [4.78, 5) is 37.0. The Morgan fingerprint density at radius 1 is 1.17 bits per heavy atom. The molecule has 24 heavy (non-hydrogen) atoms. The first-order valence-corrected chi connectivity index (χ1v) is 8.49. The van der Waals surface area contributed by atoms with Gasteiger partial charge in [-0.25, -0.2) is 0 Å². The first-order valence-electron chi connectivity index (χ1n) is 8.49. The van der Waals surface area contributed by atoms with Crippen LogP contribution in [0.3, 0.4) is 0 Å². The van der Waals surface area contributed by atoms with Gasteiger partial charge in [0.25, 0.3) is 0 Å². The molecule has 0 saturated carbocycles. The Morgan fingerprint density at radius 3 is 2.71 bits per heavy atom. The lowest BCUT2D eigenvalue weighted by Gasteiger charge is -2.18. The number of nitrogens with one attached hydrogen (secondary N) is 2. The Bertz CT molecular complexity index is 671. The number of fused-ring (bicyclic) bond motifs is 1. The van der Waals surface area contributed by atoms with Crippen LogP contribution in [0.15, 0.2) is 18.2 Å². The van der Waals surface area contributed by atoms with Crippen molar-refractivity contribution in [3.8, 4) is 0 Å². The van der Waals surface area contributed by atoms with Gasteiger partial charge in [-0.3, -0.25) is 14.4 Å². The second-order valence-electron chi connectivity index (χ2n) is 6.49. The van der Waals surface area contributed by atoms with Gasteiger partial charge in [0.2, 0.25) is 17.7 Å². The van der Waals surface area contributed by atoms with E-state index >= 15 is 0 Å². The standard InChI is InChI=1S/C18H23N3O3/c1-12(22)19-7-8-20-18(24)15-10-17(23)21(11-15)16-6-5-13-3-2-4-14(13)9-16/h5-6,9,15H,2-4,7-8,10-11H2,1H3,(H,19,22)(H,20,24)/t15-/m0/s1. The number of rotatable bonds is 5. The van der Waals surface area contributed by atoms with Gasteiger partial charge in [0.05, 0.1) is 5.92 Å². The molecule has 1 atom stereocenters. The minimum Gasteiger partial charge on any atom is -0.355 e. The fraction of sp³-hybridized carbons (Fsp3) is 0.500. The topological polar surface area (TPSA) is 78.5 Å². The summed E-state index contributed by atoms with van der Waals surface area (Å²) in [6.45, 7) is 2.63. The molecular weight excluding hydrogens is 306 g/mol. The zero-order valence-electron chi connectivity index (χ0n) is 13.9. The van der Waals surface area contributed by atoms with Gasteiger partial charge < -0.3 is 15.5 Å². The van der Waals surface area contributed by atoms with Crippen molar-refractivity contribution in [3.05, 3.63) is 29.3 Å². The second kappa shape index (κ2) is 7.03. The van der Waals surface area contributed by atoms with Gasteiger partial charge in [-0.05, 0) is 42.5 Å². The van der Waals surface area contributed by atoms with E-state index in [1.165, 1.54) is 24.5 Å². The van der Waals surface area contributed by atoms with Gasteiger partial charge >= 0.3 is 0 Å². The number of hydrogen-bond donors (Lipinski definition) is 2. The summed E-state index contributed by atoms with van der Waals surface area (Å²) in [5.41, 5.74) is 3.59. The van der Waals surface area contributed by atoms with E-state index in [0.29, 0.717) is 19.6 Å². The molecular formula is C18H23N3O3. The maximum atomic E-state index is 12.3. The van der Waals surface area contributed by atoms with Crippen molar-refractivity contribution in [3.63, 3.8) is 0 Å². The summed E-state index contributed by atoms with van der Waals surface area (Å²) in [7, 11) is 0. The lowest BCUT2D eigenvalue weighted by Crippen LogP contribution is -2.37. The van der Waals surface area contributed by atoms with Crippen molar-refractivity contribution < 1.29 is 14.4 Å². The first-order chi connectivity index (χ1) is 11.5. The SMILES string of the molecule is CC(=O)NCCNC(=O)[C@H]1CC(=O)N(c2ccc3c(c2)CCC3)C1.